The van der Waals surface area contributed by atoms with E-state index in [0.717, 1.165) is 58.5 Å². The largest absolute Gasteiger partial charge is 0.381 e. The number of rotatable bonds is 7. The monoisotopic (exact) mass is 303 g/mol. The van der Waals surface area contributed by atoms with Gasteiger partial charge >= 0.3 is 0 Å². The van der Waals surface area contributed by atoms with Crippen molar-refractivity contribution in [1.82, 2.24) is 15.6 Å². The maximum atomic E-state index is 12.2. The Morgan fingerprint density at radius 1 is 1.36 bits per heavy atom. The summed E-state index contributed by atoms with van der Waals surface area (Å²) in [5.74, 6) is 0.480. The molecule has 3 rings (SSSR count). The van der Waals surface area contributed by atoms with E-state index in [1.54, 1.807) is 6.20 Å². The van der Waals surface area contributed by atoms with Gasteiger partial charge in [0.2, 0.25) is 5.91 Å². The summed E-state index contributed by atoms with van der Waals surface area (Å²) in [5, 5.41) is 6.45. The summed E-state index contributed by atoms with van der Waals surface area (Å²) in [7, 11) is 0. The Labute approximate surface area is 131 Å². The third-order valence-electron chi connectivity index (χ3n) is 4.88. The van der Waals surface area contributed by atoms with Crippen LogP contribution in [-0.4, -0.2) is 37.2 Å². The molecule has 2 heterocycles. The van der Waals surface area contributed by atoms with Gasteiger partial charge in [-0.1, -0.05) is 6.07 Å². The quantitative estimate of drug-likeness (QED) is 0.749. The fraction of sp³-hybridized carbons (Fsp3) is 0.647. The third-order valence-corrected chi connectivity index (χ3v) is 4.88. The van der Waals surface area contributed by atoms with Crippen molar-refractivity contribution in [3.05, 3.63) is 30.1 Å². The zero-order chi connectivity index (χ0) is 15.3. The number of ether oxygens (including phenoxy) is 1. The third kappa shape index (κ3) is 3.84. The molecule has 0 unspecified atom stereocenters. The maximum absolute atomic E-state index is 12.2. The summed E-state index contributed by atoms with van der Waals surface area (Å²) in [4.78, 5) is 16.2. The van der Waals surface area contributed by atoms with Crippen LogP contribution in [0.2, 0.25) is 0 Å². The van der Waals surface area contributed by atoms with Crippen LogP contribution in [0, 0.1) is 11.3 Å². The van der Waals surface area contributed by atoms with Crippen LogP contribution in [-0.2, 0) is 16.1 Å². The van der Waals surface area contributed by atoms with E-state index in [1.165, 1.54) is 5.56 Å². The Kier molecular flexibility index (Phi) is 5.05. The molecule has 120 valence electrons. The molecule has 1 atom stereocenters. The van der Waals surface area contributed by atoms with Crippen LogP contribution in [0.15, 0.2) is 24.5 Å². The lowest BCUT2D eigenvalue weighted by Gasteiger charge is -2.22. The Morgan fingerprint density at radius 3 is 3.00 bits per heavy atom. The van der Waals surface area contributed by atoms with Crippen LogP contribution in [0.3, 0.4) is 0 Å². The first-order valence-electron chi connectivity index (χ1n) is 8.25. The van der Waals surface area contributed by atoms with Gasteiger partial charge in [0.15, 0.2) is 0 Å². The van der Waals surface area contributed by atoms with Gasteiger partial charge < -0.3 is 15.4 Å². The number of carbonyl (C=O) groups excluding carboxylic acids is 1. The van der Waals surface area contributed by atoms with Gasteiger partial charge in [-0.3, -0.25) is 9.78 Å². The smallest absolute Gasteiger partial charge is 0.223 e. The zero-order valence-electron chi connectivity index (χ0n) is 13.0. The minimum absolute atomic E-state index is 0.236. The summed E-state index contributed by atoms with van der Waals surface area (Å²) < 4.78 is 5.39. The summed E-state index contributed by atoms with van der Waals surface area (Å²) in [5.41, 5.74) is 1.46. The summed E-state index contributed by atoms with van der Waals surface area (Å²) >= 11 is 0. The molecule has 2 fully saturated rings. The van der Waals surface area contributed by atoms with E-state index >= 15 is 0 Å². The van der Waals surface area contributed by atoms with Gasteiger partial charge in [-0.15, -0.1) is 0 Å². The molecule has 1 aromatic heterocycles. The predicted octanol–water partition coefficient (Wildman–Crippen LogP) is 1.49. The fourth-order valence-corrected chi connectivity index (χ4v) is 3.33. The highest BCUT2D eigenvalue weighted by Crippen LogP contribution is 2.59. The number of carbonyl (C=O) groups is 1. The molecule has 22 heavy (non-hydrogen) atoms. The summed E-state index contributed by atoms with van der Waals surface area (Å²) in [6.07, 6.45) is 7.77. The molecule has 2 N–H and O–H groups in total. The number of aromatic nitrogens is 1. The van der Waals surface area contributed by atoms with Crippen molar-refractivity contribution in [2.75, 3.05) is 26.3 Å². The maximum Gasteiger partial charge on any atom is 0.223 e. The van der Waals surface area contributed by atoms with Crippen molar-refractivity contribution in [3.63, 3.8) is 0 Å². The molecule has 5 heteroatoms. The first-order chi connectivity index (χ1) is 10.8. The molecule has 0 radical (unpaired) electrons. The number of nitrogens with zero attached hydrogens (tertiary/aromatic N) is 1. The average Bonchev–Trinajstić information content (AvgIpc) is 3.25. The molecule has 1 aromatic rings. The highest BCUT2D eigenvalue weighted by atomic mass is 16.5. The van der Waals surface area contributed by atoms with Crippen LogP contribution >= 0.6 is 0 Å². The minimum atomic E-state index is 0.236. The standard InChI is InChI=1S/C17H25N3O2/c21-16(15-11-17(15)4-9-22-10-5-17)20-8-2-7-19-13-14-3-1-6-18-12-14/h1,3,6,12,15,19H,2,4-5,7-11,13H2,(H,20,21)/t15-/m1/s1. The fourth-order valence-electron chi connectivity index (χ4n) is 3.33. The van der Waals surface area contributed by atoms with Gasteiger partial charge in [0, 0.05) is 44.6 Å². The summed E-state index contributed by atoms with van der Waals surface area (Å²) in [6.45, 7) is 4.12. The van der Waals surface area contributed by atoms with Crippen molar-refractivity contribution in [2.24, 2.45) is 11.3 Å². The van der Waals surface area contributed by atoms with Gasteiger partial charge in [0.25, 0.3) is 0 Å². The number of hydrogen-bond donors (Lipinski definition) is 2. The average molecular weight is 303 g/mol. The SMILES string of the molecule is O=C(NCCCNCc1cccnc1)[C@H]1CC12CCOCC2. The van der Waals surface area contributed by atoms with E-state index in [1.807, 2.05) is 12.3 Å². The van der Waals surface area contributed by atoms with Crippen molar-refractivity contribution in [3.8, 4) is 0 Å². The van der Waals surface area contributed by atoms with Crippen molar-refractivity contribution >= 4 is 5.91 Å². The van der Waals surface area contributed by atoms with Crippen LogP contribution in [0.5, 0.6) is 0 Å². The van der Waals surface area contributed by atoms with E-state index in [0.29, 0.717) is 0 Å². The molecular weight excluding hydrogens is 278 g/mol. The van der Waals surface area contributed by atoms with Gasteiger partial charge in [-0.2, -0.15) is 0 Å². The van der Waals surface area contributed by atoms with Crippen molar-refractivity contribution in [1.29, 1.82) is 0 Å². The normalized spacial score (nSPS) is 22.5. The minimum Gasteiger partial charge on any atom is -0.381 e. The van der Waals surface area contributed by atoms with E-state index in [2.05, 4.69) is 21.7 Å². The topological polar surface area (TPSA) is 63.2 Å². The molecule has 1 aliphatic heterocycles. The lowest BCUT2D eigenvalue weighted by Crippen LogP contribution is -2.31. The second-order valence-electron chi connectivity index (χ2n) is 6.41. The van der Waals surface area contributed by atoms with Crippen molar-refractivity contribution < 1.29 is 9.53 Å². The number of pyridine rings is 1. The second kappa shape index (κ2) is 7.20. The Hall–Kier alpha value is -1.46. The van der Waals surface area contributed by atoms with E-state index in [-0.39, 0.29) is 17.2 Å². The predicted molar refractivity (Wildman–Crippen MR) is 84.2 cm³/mol. The lowest BCUT2D eigenvalue weighted by atomic mass is 9.93. The first kappa shape index (κ1) is 15.4. The van der Waals surface area contributed by atoms with Crippen LogP contribution in [0.4, 0.5) is 0 Å². The van der Waals surface area contributed by atoms with Gasteiger partial charge in [0.05, 0.1) is 0 Å². The van der Waals surface area contributed by atoms with E-state index in [4.69, 9.17) is 4.74 Å². The Morgan fingerprint density at radius 2 is 2.23 bits per heavy atom. The molecule has 1 aliphatic carbocycles. The van der Waals surface area contributed by atoms with E-state index < -0.39 is 0 Å². The molecule has 0 aromatic carbocycles. The Balaban J connectivity index is 1.25. The van der Waals surface area contributed by atoms with Crippen molar-refractivity contribution in [2.45, 2.75) is 32.2 Å². The first-order valence-corrected chi connectivity index (χ1v) is 8.25. The zero-order valence-corrected chi connectivity index (χ0v) is 13.0. The molecule has 5 nitrogen and oxygen atoms in total. The molecule has 1 saturated heterocycles. The highest BCUT2D eigenvalue weighted by Gasteiger charge is 2.57. The van der Waals surface area contributed by atoms with Gasteiger partial charge in [-0.25, -0.2) is 0 Å². The molecule has 0 bridgehead atoms. The highest BCUT2D eigenvalue weighted by molar-refractivity contribution is 5.82. The number of nitrogens with one attached hydrogen (secondary N) is 2. The van der Waals surface area contributed by atoms with Crippen LogP contribution < -0.4 is 10.6 Å². The lowest BCUT2D eigenvalue weighted by molar-refractivity contribution is -0.123. The molecule has 1 spiro atoms. The molecule has 1 amide bonds. The second-order valence-corrected chi connectivity index (χ2v) is 6.41. The number of hydrogen-bond acceptors (Lipinski definition) is 4. The van der Waals surface area contributed by atoms with Gasteiger partial charge in [-0.05, 0) is 49.3 Å². The molecular formula is C17H25N3O2. The molecule has 1 saturated carbocycles. The molecule has 2 aliphatic rings. The summed E-state index contributed by atoms with van der Waals surface area (Å²) in [6, 6.07) is 4.00. The van der Waals surface area contributed by atoms with Crippen LogP contribution in [0.25, 0.3) is 0 Å². The Bertz CT molecular complexity index is 486. The van der Waals surface area contributed by atoms with Gasteiger partial charge in [0.1, 0.15) is 0 Å². The number of amides is 1. The van der Waals surface area contributed by atoms with Crippen LogP contribution in [0.1, 0.15) is 31.2 Å². The van der Waals surface area contributed by atoms with E-state index in [9.17, 15) is 4.79 Å².